The Kier molecular flexibility index (Phi) is 17.4. The van der Waals surface area contributed by atoms with Crippen molar-refractivity contribution in [3.63, 3.8) is 0 Å². The molecule has 28 heteroatoms. The number of rotatable bonds is 8. The van der Waals surface area contributed by atoms with E-state index in [9.17, 15) is 39.6 Å². The maximum Gasteiger partial charge on any atom is 1.00 e. The maximum absolute atomic E-state index is 12.3. The molecule has 0 radical (unpaired) electrons. The van der Waals surface area contributed by atoms with Gasteiger partial charge in [0.25, 0.3) is 0 Å². The topological polar surface area (TPSA) is 349 Å². The van der Waals surface area contributed by atoms with E-state index in [-0.39, 0.29) is 186 Å². The normalized spacial score (nSPS) is 16.1. The number of ether oxygens (including phenoxy) is 8. The predicted molar refractivity (Wildman–Crippen MR) is 317 cm³/mol. The number of aromatic carboxylic acids is 4. The van der Waals surface area contributed by atoms with E-state index in [1.807, 2.05) is 0 Å². The van der Waals surface area contributed by atoms with Crippen LogP contribution in [-0.2, 0) is 0 Å². The van der Waals surface area contributed by atoms with Crippen LogP contribution >= 0.6 is 0 Å². The Morgan fingerprint density at radius 3 is 0.604 bits per heavy atom. The molecule has 96 heavy (non-hydrogen) atoms. The van der Waals surface area contributed by atoms with Crippen molar-refractivity contribution in [2.45, 2.75) is 77.0 Å². The van der Waals surface area contributed by atoms with Gasteiger partial charge in [0.2, 0.25) is 0 Å². The SMILES string of the molecule is CCC1c2cc3c4cc2Oc2cc5nc(C(=O)[O-])[nH]c5cc2Oc2cc5c(cc21)C(CC)c1cc2c(cc1Oc1cc6[nH]c(C(=O)[O-])nc6cc1O5)Oc1cc5[nH]c(C(=O)[O-])nc5cc1Oc1cc(c(cc1C2CC)C3CC)Oc1cc2[nH]c(C(=O)[O-])nc2cc1O4.[Na+].[Na+].[Na+].[Na+]. The smallest absolute Gasteiger partial charge is 0.542 e. The summed E-state index contributed by atoms with van der Waals surface area (Å²) in [6, 6.07) is 28.1. The average molecular weight is 1320 g/mol. The molecule has 4 aromatic heterocycles. The van der Waals surface area contributed by atoms with Gasteiger partial charge in [0, 0.05) is 141 Å². The molecule has 12 aromatic rings. The van der Waals surface area contributed by atoms with Crippen LogP contribution in [0.3, 0.4) is 0 Å². The second-order valence-electron chi connectivity index (χ2n) is 23.1. The molecule has 0 amide bonds. The molecule has 1 aliphatic carbocycles. The van der Waals surface area contributed by atoms with Crippen molar-refractivity contribution >= 4 is 68.0 Å². The van der Waals surface area contributed by atoms with Crippen molar-refractivity contribution in [2.24, 2.45) is 0 Å². The minimum Gasteiger partial charge on any atom is -0.542 e. The van der Waals surface area contributed by atoms with Gasteiger partial charge in [-0.25, -0.2) is 19.9 Å². The van der Waals surface area contributed by atoms with Crippen molar-refractivity contribution in [3.8, 4) is 92.0 Å². The van der Waals surface area contributed by atoms with Gasteiger partial charge in [-0.3, -0.25) is 0 Å². The zero-order chi connectivity index (χ0) is 62.9. The van der Waals surface area contributed by atoms with Gasteiger partial charge in [-0.1, -0.05) is 27.7 Å². The second kappa shape index (κ2) is 25.1. The molecular weight excluding hydrogens is 1280 g/mol. The minimum absolute atomic E-state index is 0. The summed E-state index contributed by atoms with van der Waals surface area (Å²) < 4.78 is 57.2. The molecule has 0 saturated heterocycles. The molecule has 4 atom stereocenters. The third kappa shape index (κ3) is 10.8. The van der Waals surface area contributed by atoms with E-state index < -0.39 is 70.8 Å². The molecule has 0 fully saturated rings. The van der Waals surface area contributed by atoms with Crippen LogP contribution in [0.1, 0.15) is 164 Å². The summed E-state index contributed by atoms with van der Waals surface area (Å²) in [5, 5.41) is 49.3. The second-order valence-corrected chi connectivity index (χ2v) is 23.1. The number of aromatic amines is 4. The zero-order valence-electron chi connectivity index (χ0n) is 52.7. The zero-order valence-corrected chi connectivity index (χ0v) is 60.7. The molecule has 8 aromatic carbocycles. The summed E-state index contributed by atoms with van der Waals surface area (Å²) in [7, 11) is 0. The summed E-state index contributed by atoms with van der Waals surface area (Å²) in [5.74, 6) is -6.25. The number of carbonyl (C=O) groups excluding carboxylic acids is 4. The first kappa shape index (κ1) is 66.5. The van der Waals surface area contributed by atoms with E-state index in [0.717, 1.165) is 0 Å². The Balaban J connectivity index is 0.00000208. The summed E-state index contributed by atoms with van der Waals surface area (Å²) >= 11 is 0. The fourth-order valence-electron chi connectivity index (χ4n) is 13.7. The molecular formula is C68H44N8Na4O16. The molecule has 4 N–H and O–H groups in total. The Labute approximate surface area is 630 Å². The van der Waals surface area contributed by atoms with Gasteiger partial charge < -0.3 is 97.4 Å². The average Bonchev–Trinajstić information content (AvgIpc) is 1.37. The van der Waals surface area contributed by atoms with Crippen LogP contribution in [0.5, 0.6) is 92.0 Å². The first-order chi connectivity index (χ1) is 44.5. The van der Waals surface area contributed by atoms with Gasteiger partial charge in [0.15, 0.2) is 69.3 Å². The third-order valence-corrected chi connectivity index (χ3v) is 17.9. The van der Waals surface area contributed by atoms with Crippen LogP contribution < -0.4 is 177 Å². The first-order valence-electron chi connectivity index (χ1n) is 29.7. The summed E-state index contributed by atoms with van der Waals surface area (Å²) in [6.07, 6.45) is 1.84. The van der Waals surface area contributed by atoms with Gasteiger partial charge in [-0.05, 0) is 49.9 Å². The Bertz CT molecular complexity index is 4430. The van der Waals surface area contributed by atoms with Crippen LogP contribution in [0.25, 0.3) is 44.1 Å². The van der Waals surface area contributed by atoms with Gasteiger partial charge in [-0.15, -0.1) is 0 Å². The number of H-pyrrole nitrogens is 4. The van der Waals surface area contributed by atoms with Crippen LogP contribution in [0, 0.1) is 0 Å². The van der Waals surface area contributed by atoms with Gasteiger partial charge in [-0.2, -0.15) is 0 Å². The van der Waals surface area contributed by atoms with E-state index >= 15 is 0 Å². The summed E-state index contributed by atoms with van der Waals surface area (Å²) in [6.45, 7) is 8.21. The number of benzene rings is 8. The quantitative estimate of drug-likeness (QED) is 0.129. The Morgan fingerprint density at radius 2 is 0.448 bits per heavy atom. The fourth-order valence-corrected chi connectivity index (χ4v) is 13.7. The van der Waals surface area contributed by atoms with Crippen molar-refractivity contribution in [2.75, 3.05) is 0 Å². The van der Waals surface area contributed by atoms with Gasteiger partial charge in [0.05, 0.1) is 44.1 Å². The molecule has 4 unspecified atom stereocenters. The van der Waals surface area contributed by atoms with Crippen molar-refractivity contribution < 1.29 is 196 Å². The molecule has 24 nitrogen and oxygen atoms in total. The van der Waals surface area contributed by atoms with Crippen molar-refractivity contribution in [1.82, 2.24) is 39.9 Å². The predicted octanol–water partition coefficient (Wildman–Crippen LogP) is -1.27. The Hall–Kier alpha value is -8.08. The van der Waals surface area contributed by atoms with Crippen molar-refractivity contribution in [1.29, 1.82) is 0 Å². The van der Waals surface area contributed by atoms with E-state index in [1.165, 1.54) is 0 Å². The van der Waals surface area contributed by atoms with E-state index in [2.05, 4.69) is 91.8 Å². The maximum atomic E-state index is 12.3. The molecule has 17 rings (SSSR count). The van der Waals surface area contributed by atoms with Gasteiger partial charge in [0.1, 0.15) is 69.9 Å². The van der Waals surface area contributed by atoms with Crippen molar-refractivity contribution in [3.05, 3.63) is 165 Å². The molecule has 5 aliphatic rings. The fraction of sp³-hybridized carbons (Fsp3) is 0.176. The number of hydrogen-bond acceptors (Lipinski definition) is 20. The van der Waals surface area contributed by atoms with E-state index in [0.29, 0.717) is 138 Å². The van der Waals surface area contributed by atoms with Crippen LogP contribution in [0.15, 0.2) is 97.1 Å². The number of nitrogens with zero attached hydrogens (tertiary/aromatic N) is 4. The van der Waals surface area contributed by atoms with Gasteiger partial charge >= 0.3 is 118 Å². The Morgan fingerprint density at radius 1 is 0.281 bits per heavy atom. The number of nitrogens with one attached hydrogen (secondary N) is 4. The largest absolute Gasteiger partial charge is 1.00 e. The minimum atomic E-state index is -1.54. The number of fused-ring (bicyclic) bond motifs is 8. The number of carbonyl (C=O) groups is 4. The number of carboxylic acid groups (broad SMARTS) is 4. The third-order valence-electron chi connectivity index (χ3n) is 17.9. The molecule has 4 aliphatic heterocycles. The molecule has 8 bridgehead atoms. The first-order valence-corrected chi connectivity index (χ1v) is 29.7. The number of hydrogen-bond donors (Lipinski definition) is 4. The standard InChI is InChI=1S/C68H48N8O16.4Na/c1-5-25-29-9-31-26(6-2)33-11-35-28(8-4)36-12-34-27(7-3)32-10-30(25)46-22-48(32)88-56-16-40-42(74-63(72-40)67(81)82)18-58(56)90-50(34)24-52(36)92-60-20-44-43(75-64(76-44)68(83)84)19-59(60)91-51(35)23-49(33)89-57-17-41-39(71-62(73-41)66(79)80)15-55(57)87-47(31)21-45(29)85-53-13-37-38(14-54(53)86-46)70-61(69-37)65(77)78;;;;/h9-28H,5-8H2,1-4H3,(H,69,70)(H,71,73)(H,72,74)(H,75,76)(H,77,78)(H,79,80)(H,81,82)(H,83,84);;;;/q;4*+1/p-4. The van der Waals surface area contributed by atoms with Crippen LogP contribution in [-0.4, -0.2) is 63.7 Å². The van der Waals surface area contributed by atoms with E-state index in [1.54, 1.807) is 72.8 Å². The molecule has 0 saturated carbocycles. The number of imidazole rings is 4. The monoisotopic (exact) mass is 1320 g/mol. The molecule has 456 valence electrons. The molecule has 8 heterocycles. The van der Waals surface area contributed by atoms with Crippen LogP contribution in [0.2, 0.25) is 0 Å². The number of carboxylic acids is 4. The molecule has 0 spiro atoms. The number of aromatic nitrogens is 8. The van der Waals surface area contributed by atoms with E-state index in [4.69, 9.17) is 37.9 Å². The van der Waals surface area contributed by atoms with Crippen LogP contribution in [0.4, 0.5) is 0 Å². The summed E-state index contributed by atoms with van der Waals surface area (Å²) in [5.41, 5.74) is 7.64. The summed E-state index contributed by atoms with van der Waals surface area (Å²) in [4.78, 5) is 78.0.